The maximum Gasteiger partial charge on any atom is 0.417 e. The van der Waals surface area contributed by atoms with Gasteiger partial charge in [-0.25, -0.2) is 4.79 Å². The first-order chi connectivity index (χ1) is 12.0. The molecule has 0 aromatic heterocycles. The Balaban J connectivity index is 1.96. The van der Waals surface area contributed by atoms with Crippen molar-refractivity contribution in [1.29, 1.82) is 5.26 Å². The first-order valence-electron chi connectivity index (χ1n) is 8.36. The molecule has 1 aromatic rings. The summed E-state index contributed by atoms with van der Waals surface area (Å²) >= 11 is 0. The summed E-state index contributed by atoms with van der Waals surface area (Å²) in [4.78, 5) is 17.2. The van der Waals surface area contributed by atoms with E-state index in [2.05, 4.69) is 5.32 Å². The van der Waals surface area contributed by atoms with Crippen LogP contribution >= 0.6 is 0 Å². The lowest BCUT2D eigenvalue weighted by atomic mass is 9.98. The average molecular weight is 369 g/mol. The van der Waals surface area contributed by atoms with Gasteiger partial charge >= 0.3 is 12.1 Å². The number of benzene rings is 1. The van der Waals surface area contributed by atoms with E-state index in [9.17, 15) is 18.0 Å². The van der Waals surface area contributed by atoms with E-state index in [4.69, 9.17) is 10.1 Å². The van der Waals surface area contributed by atoms with E-state index in [0.717, 1.165) is 6.07 Å². The maximum absolute atomic E-state index is 13.0. The van der Waals surface area contributed by atoms with Gasteiger partial charge < -0.3 is 10.2 Å². The van der Waals surface area contributed by atoms with Gasteiger partial charge in [0.15, 0.2) is 0 Å². The normalized spacial score (nSPS) is 16.8. The summed E-state index contributed by atoms with van der Waals surface area (Å²) in [5, 5.41) is 13.5. The maximum atomic E-state index is 13.0. The quantitative estimate of drug-likeness (QED) is 0.874. The fraction of sp³-hybridized carbons (Fsp3) is 0.556. The van der Waals surface area contributed by atoms with E-state index in [0.29, 0.717) is 31.6 Å². The molecular formula is C18H22F3N3O2. The second kappa shape index (κ2) is 7.54. The van der Waals surface area contributed by atoms with E-state index < -0.39 is 22.7 Å². The summed E-state index contributed by atoms with van der Waals surface area (Å²) in [6, 6.07) is 5.14. The second-order valence-electron chi connectivity index (χ2n) is 7.35. The van der Waals surface area contributed by atoms with Gasteiger partial charge in [0.1, 0.15) is 0 Å². The lowest BCUT2D eigenvalue weighted by molar-refractivity contribution is -0.204. The van der Waals surface area contributed by atoms with Crippen LogP contribution in [0, 0.1) is 16.7 Å². The molecule has 1 fully saturated rings. The van der Waals surface area contributed by atoms with Gasteiger partial charge in [0.25, 0.3) is 0 Å². The van der Waals surface area contributed by atoms with Crippen molar-refractivity contribution >= 4 is 11.7 Å². The first-order valence-corrected chi connectivity index (χ1v) is 8.36. The minimum atomic E-state index is -4.58. The van der Waals surface area contributed by atoms with E-state index in [-0.39, 0.29) is 12.0 Å². The minimum absolute atomic E-state index is 0.0337. The van der Waals surface area contributed by atoms with E-state index in [1.54, 1.807) is 31.9 Å². The molecule has 142 valence electrons. The second-order valence-corrected chi connectivity index (χ2v) is 7.35. The van der Waals surface area contributed by atoms with Crippen molar-refractivity contribution in [3.05, 3.63) is 29.3 Å². The highest BCUT2D eigenvalue weighted by molar-refractivity contribution is 5.75. The van der Waals surface area contributed by atoms with Crippen LogP contribution in [-0.2, 0) is 15.8 Å². The Kier molecular flexibility index (Phi) is 5.81. The summed E-state index contributed by atoms with van der Waals surface area (Å²) < 4.78 is 39.1. The molecule has 2 rings (SSSR count). The summed E-state index contributed by atoms with van der Waals surface area (Å²) in [7, 11) is 0. The molecule has 0 atom stereocenters. The summed E-state index contributed by atoms with van der Waals surface area (Å²) in [5.41, 5.74) is -1.61. The highest BCUT2D eigenvalue weighted by Gasteiger charge is 2.34. The number of hydrogen-bond acceptors (Lipinski definition) is 5. The lowest BCUT2D eigenvalue weighted by Crippen LogP contribution is -2.42. The first kappa shape index (κ1) is 20.0. The van der Waals surface area contributed by atoms with Crippen LogP contribution in [-0.4, -0.2) is 30.2 Å². The molecule has 0 aliphatic carbocycles. The number of nitriles is 1. The Hall–Kier alpha value is -2.27. The van der Waals surface area contributed by atoms with Crippen LogP contribution in [0.3, 0.4) is 0 Å². The third-order valence-corrected chi connectivity index (χ3v) is 4.09. The Morgan fingerprint density at radius 1 is 1.27 bits per heavy atom. The standard InChI is InChI=1S/C18H22F3N3O2/c1-17(2,3)16(25)26-24-8-6-13(7-9-24)23-14-5-4-12(11-22)15(10-14)18(19,20)21/h4-5,10,13,23H,6-9H2,1-3H3. The van der Waals surface area contributed by atoms with Crippen LogP contribution in [0.15, 0.2) is 18.2 Å². The lowest BCUT2D eigenvalue weighted by Gasteiger charge is -2.33. The predicted molar refractivity (Wildman–Crippen MR) is 89.9 cm³/mol. The molecule has 0 unspecified atom stereocenters. The zero-order chi connectivity index (χ0) is 19.5. The van der Waals surface area contributed by atoms with E-state index in [1.165, 1.54) is 12.1 Å². The van der Waals surface area contributed by atoms with Gasteiger partial charge in [-0.15, -0.1) is 5.06 Å². The number of rotatable bonds is 3. The van der Waals surface area contributed by atoms with E-state index >= 15 is 0 Å². The molecule has 0 amide bonds. The van der Waals surface area contributed by atoms with Gasteiger partial charge in [0.2, 0.25) is 0 Å². The van der Waals surface area contributed by atoms with Crippen molar-refractivity contribution in [2.24, 2.45) is 5.41 Å². The Morgan fingerprint density at radius 3 is 2.38 bits per heavy atom. The number of nitrogens with one attached hydrogen (secondary N) is 1. The molecule has 0 radical (unpaired) electrons. The molecule has 0 bridgehead atoms. The molecule has 1 saturated heterocycles. The third-order valence-electron chi connectivity index (χ3n) is 4.09. The number of halogens is 3. The molecule has 1 N–H and O–H groups in total. The molecule has 0 spiro atoms. The Bertz CT molecular complexity index is 697. The summed E-state index contributed by atoms with van der Waals surface area (Å²) in [6.07, 6.45) is -3.33. The van der Waals surface area contributed by atoms with Gasteiger partial charge in [0.05, 0.1) is 22.6 Å². The monoisotopic (exact) mass is 369 g/mol. The highest BCUT2D eigenvalue weighted by atomic mass is 19.4. The van der Waals surface area contributed by atoms with Crippen LogP contribution < -0.4 is 5.32 Å². The van der Waals surface area contributed by atoms with Crippen molar-refractivity contribution in [3.8, 4) is 6.07 Å². The van der Waals surface area contributed by atoms with Crippen LogP contribution in [0.1, 0.15) is 44.7 Å². The molecule has 5 nitrogen and oxygen atoms in total. The number of hydrogen-bond donors (Lipinski definition) is 1. The predicted octanol–water partition coefficient (Wildman–Crippen LogP) is 3.96. The number of carbonyl (C=O) groups excluding carboxylic acids is 1. The molecule has 8 heteroatoms. The van der Waals surface area contributed by atoms with Gasteiger partial charge in [-0.1, -0.05) is 0 Å². The van der Waals surface area contributed by atoms with Crippen LogP contribution in [0.2, 0.25) is 0 Å². The van der Waals surface area contributed by atoms with Crippen molar-refractivity contribution in [1.82, 2.24) is 5.06 Å². The number of nitrogens with zero attached hydrogens (tertiary/aromatic N) is 2. The molecule has 26 heavy (non-hydrogen) atoms. The van der Waals surface area contributed by atoms with Gasteiger partial charge in [-0.3, -0.25) is 0 Å². The molecule has 1 heterocycles. The number of anilines is 1. The van der Waals surface area contributed by atoms with Crippen LogP contribution in [0.4, 0.5) is 18.9 Å². The molecule has 1 aliphatic rings. The highest BCUT2D eigenvalue weighted by Crippen LogP contribution is 2.34. The van der Waals surface area contributed by atoms with Gasteiger partial charge in [-0.2, -0.15) is 18.4 Å². The Labute approximate surface area is 150 Å². The van der Waals surface area contributed by atoms with Crippen LogP contribution in [0.25, 0.3) is 0 Å². The summed E-state index contributed by atoms with van der Waals surface area (Å²) in [6.45, 7) is 6.32. The molecular weight excluding hydrogens is 347 g/mol. The summed E-state index contributed by atoms with van der Waals surface area (Å²) in [5.74, 6) is -0.314. The number of carbonyl (C=O) groups is 1. The molecule has 1 aliphatic heterocycles. The zero-order valence-electron chi connectivity index (χ0n) is 15.0. The van der Waals surface area contributed by atoms with Gasteiger partial charge in [0, 0.05) is 24.8 Å². The minimum Gasteiger partial charge on any atom is -0.382 e. The van der Waals surface area contributed by atoms with Crippen LogP contribution in [0.5, 0.6) is 0 Å². The van der Waals surface area contributed by atoms with Crippen molar-refractivity contribution in [2.45, 2.75) is 45.8 Å². The fourth-order valence-corrected chi connectivity index (χ4v) is 2.55. The zero-order valence-corrected chi connectivity index (χ0v) is 15.0. The van der Waals surface area contributed by atoms with Gasteiger partial charge in [-0.05, 0) is 51.8 Å². The fourth-order valence-electron chi connectivity index (χ4n) is 2.55. The SMILES string of the molecule is CC(C)(C)C(=O)ON1CCC(Nc2ccc(C#N)c(C(F)(F)F)c2)CC1. The topological polar surface area (TPSA) is 65.4 Å². The van der Waals surface area contributed by atoms with Crippen molar-refractivity contribution in [3.63, 3.8) is 0 Å². The third kappa shape index (κ3) is 5.11. The van der Waals surface area contributed by atoms with Crippen molar-refractivity contribution in [2.75, 3.05) is 18.4 Å². The molecule has 1 aromatic carbocycles. The Morgan fingerprint density at radius 2 is 1.88 bits per heavy atom. The largest absolute Gasteiger partial charge is 0.417 e. The number of alkyl halides is 3. The average Bonchev–Trinajstić information content (AvgIpc) is 2.55. The molecule has 0 saturated carbocycles. The number of hydroxylamine groups is 2. The smallest absolute Gasteiger partial charge is 0.382 e. The van der Waals surface area contributed by atoms with Crippen molar-refractivity contribution < 1.29 is 22.8 Å². The number of piperidine rings is 1. The van der Waals surface area contributed by atoms with E-state index in [1.807, 2.05) is 0 Å².